The third-order valence-corrected chi connectivity index (χ3v) is 4.16. The first-order chi connectivity index (χ1) is 12.8. The lowest BCUT2D eigenvalue weighted by Crippen LogP contribution is -1.96. The van der Waals surface area contributed by atoms with Crippen molar-refractivity contribution in [1.29, 1.82) is 0 Å². The van der Waals surface area contributed by atoms with E-state index in [0.717, 1.165) is 45.0 Å². The Labute approximate surface area is 151 Å². The third-order valence-electron chi connectivity index (χ3n) is 4.16. The van der Waals surface area contributed by atoms with Gasteiger partial charge in [-0.25, -0.2) is 9.97 Å². The van der Waals surface area contributed by atoms with Gasteiger partial charge in [-0.2, -0.15) is 0 Å². The Morgan fingerprint density at radius 2 is 1.96 bits per heavy atom. The molecule has 0 aliphatic heterocycles. The molecular formula is C21H16N4O. The van der Waals surface area contributed by atoms with E-state index in [1.165, 1.54) is 6.33 Å². The predicted molar refractivity (Wildman–Crippen MR) is 104 cm³/mol. The van der Waals surface area contributed by atoms with Gasteiger partial charge in [0.05, 0.1) is 12.5 Å². The van der Waals surface area contributed by atoms with Crippen LogP contribution in [0.2, 0.25) is 0 Å². The summed E-state index contributed by atoms with van der Waals surface area (Å²) in [5.41, 5.74) is 4.51. The van der Waals surface area contributed by atoms with Gasteiger partial charge in [0.1, 0.15) is 23.5 Å². The van der Waals surface area contributed by atoms with Crippen LogP contribution >= 0.6 is 0 Å². The summed E-state index contributed by atoms with van der Waals surface area (Å²) in [5.74, 6) is 4.18. The molecule has 0 spiro atoms. The van der Waals surface area contributed by atoms with Crippen molar-refractivity contribution in [3.63, 3.8) is 0 Å². The van der Waals surface area contributed by atoms with Gasteiger partial charge in [-0.3, -0.25) is 0 Å². The lowest BCUT2D eigenvalue weighted by Gasteiger charge is -2.09. The molecule has 0 radical (unpaired) electrons. The number of hydrogen-bond donors (Lipinski definition) is 2. The van der Waals surface area contributed by atoms with E-state index < -0.39 is 0 Å². The van der Waals surface area contributed by atoms with Crippen LogP contribution in [0.15, 0.2) is 61.1 Å². The van der Waals surface area contributed by atoms with E-state index in [1.54, 1.807) is 7.11 Å². The molecule has 2 heterocycles. The molecule has 126 valence electrons. The molecule has 2 aromatic heterocycles. The summed E-state index contributed by atoms with van der Waals surface area (Å²) in [6, 6.07) is 15.6. The molecular weight excluding hydrogens is 324 g/mol. The highest BCUT2D eigenvalue weighted by Gasteiger charge is 2.13. The van der Waals surface area contributed by atoms with Crippen LogP contribution in [0.5, 0.6) is 5.75 Å². The van der Waals surface area contributed by atoms with E-state index in [1.807, 2.05) is 54.7 Å². The molecule has 26 heavy (non-hydrogen) atoms. The molecule has 2 N–H and O–H groups in total. The second-order valence-corrected chi connectivity index (χ2v) is 5.73. The highest BCUT2D eigenvalue weighted by atomic mass is 16.5. The monoisotopic (exact) mass is 340 g/mol. The molecule has 0 unspecified atom stereocenters. The van der Waals surface area contributed by atoms with Crippen LogP contribution in [0.25, 0.3) is 22.2 Å². The van der Waals surface area contributed by atoms with E-state index >= 15 is 0 Å². The van der Waals surface area contributed by atoms with E-state index in [0.29, 0.717) is 0 Å². The van der Waals surface area contributed by atoms with Crippen molar-refractivity contribution >= 4 is 22.5 Å². The Bertz CT molecular complexity index is 1110. The van der Waals surface area contributed by atoms with Gasteiger partial charge in [-0.15, -0.1) is 6.42 Å². The maximum atomic E-state index is 5.49. The summed E-state index contributed by atoms with van der Waals surface area (Å²) in [6.07, 6.45) is 8.96. The van der Waals surface area contributed by atoms with Crippen LogP contribution < -0.4 is 10.1 Å². The molecule has 4 rings (SSSR count). The van der Waals surface area contributed by atoms with Gasteiger partial charge in [-0.05, 0) is 35.9 Å². The second kappa shape index (κ2) is 6.61. The minimum atomic E-state index is 0.719. The molecule has 0 saturated carbocycles. The number of methoxy groups -OCH3 is 1. The first-order valence-electron chi connectivity index (χ1n) is 8.08. The summed E-state index contributed by atoms with van der Waals surface area (Å²) in [7, 11) is 1.65. The number of aromatic nitrogens is 3. The Kier molecular flexibility index (Phi) is 4.00. The number of terminal acetylenes is 1. The van der Waals surface area contributed by atoms with Crippen LogP contribution in [0.1, 0.15) is 5.56 Å². The minimum absolute atomic E-state index is 0.719. The molecule has 0 aliphatic rings. The summed E-state index contributed by atoms with van der Waals surface area (Å²) < 4.78 is 5.24. The highest BCUT2D eigenvalue weighted by molar-refractivity contribution is 6.01. The van der Waals surface area contributed by atoms with Gasteiger partial charge in [-0.1, -0.05) is 24.1 Å². The average Bonchev–Trinajstić information content (AvgIpc) is 3.13. The Morgan fingerprint density at radius 3 is 2.73 bits per heavy atom. The number of nitrogens with one attached hydrogen (secondary N) is 2. The predicted octanol–water partition coefficient (Wildman–Crippen LogP) is 4.36. The Morgan fingerprint density at radius 1 is 1.12 bits per heavy atom. The number of hydrogen-bond acceptors (Lipinski definition) is 4. The molecule has 0 atom stereocenters. The fraction of sp³-hybridized carbons (Fsp3) is 0.0476. The molecule has 0 fully saturated rings. The zero-order valence-electron chi connectivity index (χ0n) is 14.2. The van der Waals surface area contributed by atoms with E-state index in [2.05, 4.69) is 26.2 Å². The molecule has 2 aromatic carbocycles. The summed E-state index contributed by atoms with van der Waals surface area (Å²) in [5, 5.41) is 4.27. The van der Waals surface area contributed by atoms with Crippen LogP contribution in [-0.2, 0) is 0 Å². The molecule has 4 aromatic rings. The number of benzene rings is 2. The van der Waals surface area contributed by atoms with Gasteiger partial charge in [0.25, 0.3) is 0 Å². The number of ether oxygens (including phenoxy) is 1. The fourth-order valence-corrected chi connectivity index (χ4v) is 2.88. The first-order valence-corrected chi connectivity index (χ1v) is 8.08. The average molecular weight is 340 g/mol. The molecule has 0 aliphatic carbocycles. The smallest absolute Gasteiger partial charge is 0.143 e. The van der Waals surface area contributed by atoms with Crippen LogP contribution in [-0.4, -0.2) is 22.1 Å². The van der Waals surface area contributed by atoms with Crippen LogP contribution in [0.4, 0.5) is 11.5 Å². The molecule has 0 saturated heterocycles. The van der Waals surface area contributed by atoms with E-state index in [9.17, 15) is 0 Å². The summed E-state index contributed by atoms with van der Waals surface area (Å²) in [4.78, 5) is 12.0. The SMILES string of the molecule is C#Cc1cccc(Nc2ncnc3[nH]cc(-c4ccc(OC)cc4)c23)c1. The number of H-pyrrole nitrogens is 1. The zero-order chi connectivity index (χ0) is 17.9. The van der Waals surface area contributed by atoms with Gasteiger partial charge < -0.3 is 15.0 Å². The number of anilines is 2. The summed E-state index contributed by atoms with van der Waals surface area (Å²) >= 11 is 0. The van der Waals surface area contributed by atoms with Gasteiger partial charge in [0.15, 0.2) is 0 Å². The molecule has 0 amide bonds. The van der Waals surface area contributed by atoms with E-state index in [-0.39, 0.29) is 0 Å². The van der Waals surface area contributed by atoms with Gasteiger partial charge >= 0.3 is 0 Å². The van der Waals surface area contributed by atoms with Crippen molar-refractivity contribution in [2.45, 2.75) is 0 Å². The highest BCUT2D eigenvalue weighted by Crippen LogP contribution is 2.33. The summed E-state index contributed by atoms with van der Waals surface area (Å²) in [6.45, 7) is 0. The number of fused-ring (bicyclic) bond motifs is 1. The van der Waals surface area contributed by atoms with Crippen molar-refractivity contribution in [2.75, 3.05) is 12.4 Å². The van der Waals surface area contributed by atoms with Gasteiger partial charge in [0, 0.05) is 23.0 Å². The third kappa shape index (κ3) is 2.85. The molecule has 5 heteroatoms. The number of nitrogens with zero attached hydrogens (tertiary/aromatic N) is 2. The largest absolute Gasteiger partial charge is 0.497 e. The Hall–Kier alpha value is -3.78. The standard InChI is InChI=1S/C21H16N4O/c1-3-14-5-4-6-16(11-14)25-21-19-18(12-22-20(19)23-13-24-21)15-7-9-17(26-2)10-8-15/h1,4-13H,2H3,(H2,22,23,24,25). The Balaban J connectivity index is 1.80. The molecule has 0 bridgehead atoms. The topological polar surface area (TPSA) is 62.8 Å². The minimum Gasteiger partial charge on any atom is -0.497 e. The maximum Gasteiger partial charge on any atom is 0.143 e. The normalized spacial score (nSPS) is 10.5. The number of rotatable bonds is 4. The first kappa shape index (κ1) is 15.7. The van der Waals surface area contributed by atoms with Crippen LogP contribution in [0.3, 0.4) is 0 Å². The van der Waals surface area contributed by atoms with E-state index in [4.69, 9.17) is 11.2 Å². The zero-order valence-corrected chi connectivity index (χ0v) is 14.2. The fourth-order valence-electron chi connectivity index (χ4n) is 2.88. The van der Waals surface area contributed by atoms with Crippen molar-refractivity contribution < 1.29 is 4.74 Å². The quantitative estimate of drug-likeness (QED) is 0.542. The second-order valence-electron chi connectivity index (χ2n) is 5.73. The lowest BCUT2D eigenvalue weighted by atomic mass is 10.1. The maximum absolute atomic E-state index is 5.49. The lowest BCUT2D eigenvalue weighted by molar-refractivity contribution is 0.415. The van der Waals surface area contributed by atoms with Crippen molar-refractivity contribution in [1.82, 2.24) is 15.0 Å². The van der Waals surface area contributed by atoms with Crippen molar-refractivity contribution in [2.24, 2.45) is 0 Å². The van der Waals surface area contributed by atoms with Crippen LogP contribution in [0, 0.1) is 12.3 Å². The van der Waals surface area contributed by atoms with Crippen molar-refractivity contribution in [3.8, 4) is 29.2 Å². The molecule has 5 nitrogen and oxygen atoms in total. The number of aromatic amines is 1. The van der Waals surface area contributed by atoms with Crippen molar-refractivity contribution in [3.05, 3.63) is 66.6 Å². The van der Waals surface area contributed by atoms with Gasteiger partial charge in [0.2, 0.25) is 0 Å².